The summed E-state index contributed by atoms with van der Waals surface area (Å²) in [6, 6.07) is 8.14. The van der Waals surface area contributed by atoms with Crippen LogP contribution in [0.4, 0.5) is 5.69 Å². The molecule has 1 amide bonds. The summed E-state index contributed by atoms with van der Waals surface area (Å²) in [6.07, 6.45) is 7.35. The summed E-state index contributed by atoms with van der Waals surface area (Å²) in [4.78, 5) is 17.4. The van der Waals surface area contributed by atoms with Crippen molar-refractivity contribution in [1.29, 1.82) is 0 Å². The van der Waals surface area contributed by atoms with Crippen molar-refractivity contribution >= 4 is 21.6 Å². The maximum absolute atomic E-state index is 13.2. The summed E-state index contributed by atoms with van der Waals surface area (Å²) < 4.78 is 26.4. The van der Waals surface area contributed by atoms with Crippen molar-refractivity contribution in [2.75, 3.05) is 30.8 Å². The van der Waals surface area contributed by atoms with Gasteiger partial charge in [0.2, 0.25) is 10.0 Å². The number of carbonyl (C=O) groups excluding carboxylic acids is 1. The second-order valence-electron chi connectivity index (χ2n) is 8.01. The molecule has 0 spiro atoms. The van der Waals surface area contributed by atoms with E-state index in [1.54, 1.807) is 6.92 Å². The number of anilines is 1. The molecule has 0 atom stereocenters. The molecule has 1 N–H and O–H groups in total. The maximum Gasteiger partial charge on any atom is 0.255 e. The number of piperidine rings is 1. The Morgan fingerprint density at radius 3 is 2.39 bits per heavy atom. The van der Waals surface area contributed by atoms with Gasteiger partial charge in [-0.25, -0.2) is 13.1 Å². The summed E-state index contributed by atoms with van der Waals surface area (Å²) >= 11 is 0. The smallest absolute Gasteiger partial charge is 0.255 e. The van der Waals surface area contributed by atoms with E-state index in [9.17, 15) is 13.2 Å². The molecule has 0 radical (unpaired) electrons. The maximum atomic E-state index is 13.2. The van der Waals surface area contributed by atoms with Gasteiger partial charge in [-0.3, -0.25) is 4.79 Å². The quantitative estimate of drug-likeness (QED) is 0.787. The highest BCUT2D eigenvalue weighted by atomic mass is 32.2. The van der Waals surface area contributed by atoms with Crippen molar-refractivity contribution in [1.82, 2.24) is 9.62 Å². The molecule has 1 saturated heterocycles. The molecule has 2 aliphatic rings. The lowest BCUT2D eigenvalue weighted by Crippen LogP contribution is -2.45. The largest absolute Gasteiger partial charge is 0.371 e. The zero-order valence-corrected chi connectivity index (χ0v) is 17.9. The lowest BCUT2D eigenvalue weighted by Gasteiger charge is -2.36. The zero-order chi connectivity index (χ0) is 20.1. The number of hydrogen-bond donors (Lipinski definition) is 1. The predicted molar refractivity (Wildman–Crippen MR) is 113 cm³/mol. The van der Waals surface area contributed by atoms with Gasteiger partial charge in [0.1, 0.15) is 0 Å². The number of rotatable bonds is 6. The Morgan fingerprint density at radius 2 is 1.75 bits per heavy atom. The van der Waals surface area contributed by atoms with Crippen molar-refractivity contribution < 1.29 is 13.2 Å². The zero-order valence-electron chi connectivity index (χ0n) is 17.1. The average Bonchev–Trinajstić information content (AvgIpc) is 2.73. The predicted octanol–water partition coefficient (Wildman–Crippen LogP) is 3.00. The second kappa shape index (κ2) is 9.27. The number of hydrogen-bond acceptors (Lipinski definition) is 4. The Labute approximate surface area is 169 Å². The third-order valence-corrected chi connectivity index (χ3v) is 7.59. The van der Waals surface area contributed by atoms with Crippen molar-refractivity contribution in [3.8, 4) is 0 Å². The minimum atomic E-state index is -3.18. The van der Waals surface area contributed by atoms with E-state index in [2.05, 4.69) is 9.62 Å². The normalized spacial score (nSPS) is 19.6. The van der Waals surface area contributed by atoms with Crippen molar-refractivity contribution in [3.05, 3.63) is 29.8 Å². The van der Waals surface area contributed by atoms with Crippen LogP contribution >= 0.6 is 0 Å². The van der Waals surface area contributed by atoms with E-state index in [0.29, 0.717) is 6.04 Å². The fourth-order valence-corrected chi connectivity index (χ4v) is 5.24. The van der Waals surface area contributed by atoms with Gasteiger partial charge in [-0.1, -0.05) is 31.4 Å². The Kier molecular flexibility index (Phi) is 6.99. The summed E-state index contributed by atoms with van der Waals surface area (Å²) in [5.41, 5.74) is 1.72. The van der Waals surface area contributed by atoms with Crippen LogP contribution in [0, 0.1) is 0 Å². The molecule has 1 saturated carbocycles. The van der Waals surface area contributed by atoms with Gasteiger partial charge in [0.05, 0.1) is 11.3 Å². The molecule has 2 fully saturated rings. The lowest BCUT2D eigenvalue weighted by molar-refractivity contribution is 0.0697. The molecule has 0 aromatic heterocycles. The van der Waals surface area contributed by atoms with Crippen LogP contribution in [0.2, 0.25) is 0 Å². The van der Waals surface area contributed by atoms with Crippen LogP contribution in [0.25, 0.3) is 0 Å². The third kappa shape index (κ3) is 5.06. The molecule has 1 heterocycles. The van der Waals surface area contributed by atoms with E-state index in [-0.39, 0.29) is 17.7 Å². The molecule has 1 aromatic rings. The van der Waals surface area contributed by atoms with Gasteiger partial charge in [-0.05, 0) is 44.7 Å². The Morgan fingerprint density at radius 1 is 1.11 bits per heavy atom. The van der Waals surface area contributed by atoms with Gasteiger partial charge in [0.25, 0.3) is 5.91 Å². The van der Waals surface area contributed by atoms with E-state index >= 15 is 0 Å². The average molecular weight is 408 g/mol. The molecule has 1 aliphatic heterocycles. The molecule has 0 bridgehead atoms. The first-order chi connectivity index (χ1) is 13.4. The van der Waals surface area contributed by atoms with Crippen LogP contribution in [-0.2, 0) is 10.0 Å². The standard InChI is InChI=1S/C21H33N3O3S/c1-3-28(26,27)22-17-13-15-24(16-14-17)20-12-8-7-11-19(20)21(25)23(2)18-9-5-4-6-10-18/h7-8,11-12,17-18,22H,3-6,9-10,13-16H2,1-2H3. The van der Waals surface area contributed by atoms with Crippen molar-refractivity contribution in [3.63, 3.8) is 0 Å². The molecule has 28 heavy (non-hydrogen) atoms. The first-order valence-electron chi connectivity index (χ1n) is 10.5. The van der Waals surface area contributed by atoms with Gasteiger partial charge < -0.3 is 9.80 Å². The lowest BCUT2D eigenvalue weighted by atomic mass is 9.94. The van der Waals surface area contributed by atoms with Crippen molar-refractivity contribution in [2.45, 2.75) is 64.0 Å². The second-order valence-corrected chi connectivity index (χ2v) is 10.1. The monoisotopic (exact) mass is 407 g/mol. The topological polar surface area (TPSA) is 69.7 Å². The molecular weight excluding hydrogens is 374 g/mol. The van der Waals surface area contributed by atoms with Crippen LogP contribution in [-0.4, -0.2) is 57.2 Å². The van der Waals surface area contributed by atoms with Gasteiger partial charge >= 0.3 is 0 Å². The highest BCUT2D eigenvalue weighted by Gasteiger charge is 2.28. The molecular formula is C21H33N3O3S. The van der Waals surface area contributed by atoms with Crippen LogP contribution in [0.15, 0.2) is 24.3 Å². The summed E-state index contributed by atoms with van der Waals surface area (Å²) in [6.45, 7) is 3.14. The number of para-hydroxylation sites is 1. The van der Waals surface area contributed by atoms with Gasteiger partial charge in [0, 0.05) is 37.9 Å². The fourth-order valence-electron chi connectivity index (χ4n) is 4.33. The van der Waals surface area contributed by atoms with E-state index in [0.717, 1.165) is 50.0 Å². The van der Waals surface area contributed by atoms with Crippen molar-refractivity contribution in [2.24, 2.45) is 0 Å². The minimum Gasteiger partial charge on any atom is -0.371 e. The number of nitrogens with zero attached hydrogens (tertiary/aromatic N) is 2. The number of benzene rings is 1. The Balaban J connectivity index is 1.68. The Hall–Kier alpha value is -1.60. The van der Waals surface area contributed by atoms with Crippen LogP contribution in [0.3, 0.4) is 0 Å². The van der Waals surface area contributed by atoms with Gasteiger partial charge in [-0.15, -0.1) is 0 Å². The first-order valence-corrected chi connectivity index (χ1v) is 12.2. The van der Waals surface area contributed by atoms with E-state index in [1.165, 1.54) is 19.3 Å². The SMILES string of the molecule is CCS(=O)(=O)NC1CCN(c2ccccc2C(=O)N(C)C2CCCCC2)CC1. The highest BCUT2D eigenvalue weighted by molar-refractivity contribution is 7.89. The van der Waals surface area contributed by atoms with Crippen LogP contribution < -0.4 is 9.62 Å². The number of amides is 1. The number of nitrogens with one attached hydrogen (secondary N) is 1. The van der Waals surface area contributed by atoms with E-state index in [4.69, 9.17) is 0 Å². The molecule has 1 aromatic carbocycles. The summed E-state index contributed by atoms with van der Waals surface area (Å²) in [5, 5.41) is 0. The number of carbonyl (C=O) groups is 1. The van der Waals surface area contributed by atoms with Crippen LogP contribution in [0.5, 0.6) is 0 Å². The molecule has 7 heteroatoms. The molecule has 3 rings (SSSR count). The molecule has 1 aliphatic carbocycles. The first kappa shape index (κ1) is 21.1. The molecule has 6 nitrogen and oxygen atoms in total. The summed E-state index contributed by atoms with van der Waals surface area (Å²) in [7, 11) is -1.24. The molecule has 156 valence electrons. The van der Waals surface area contributed by atoms with Gasteiger partial charge in [-0.2, -0.15) is 0 Å². The highest BCUT2D eigenvalue weighted by Crippen LogP contribution is 2.28. The van der Waals surface area contributed by atoms with Crippen LogP contribution in [0.1, 0.15) is 62.2 Å². The van der Waals surface area contributed by atoms with Gasteiger partial charge in [0.15, 0.2) is 0 Å². The molecule has 0 unspecified atom stereocenters. The number of sulfonamides is 1. The van der Waals surface area contributed by atoms with E-state index < -0.39 is 10.0 Å². The fraction of sp³-hybridized carbons (Fsp3) is 0.667. The Bertz CT molecular complexity index is 767. The minimum absolute atomic E-state index is 0.0195. The summed E-state index contributed by atoms with van der Waals surface area (Å²) in [5.74, 6) is 0.203. The third-order valence-electron chi connectivity index (χ3n) is 6.14. The van der Waals surface area contributed by atoms with E-state index in [1.807, 2.05) is 36.2 Å².